The highest BCUT2D eigenvalue weighted by atomic mass is 19.4. The van der Waals surface area contributed by atoms with Gasteiger partial charge in [0.25, 0.3) is 0 Å². The molecule has 0 radical (unpaired) electrons. The molecule has 0 heterocycles. The second-order valence-electron chi connectivity index (χ2n) is 11.6. The zero-order valence-corrected chi connectivity index (χ0v) is 27.9. The molecule has 0 spiro atoms. The Morgan fingerprint density at radius 1 is 0.615 bits per heavy atom. The molecule has 1 atom stereocenters. The van der Waals surface area contributed by atoms with Crippen LogP contribution < -0.4 is 9.47 Å². The van der Waals surface area contributed by atoms with Gasteiger partial charge in [-0.25, -0.2) is 14.4 Å². The molecule has 0 saturated carbocycles. The maximum Gasteiger partial charge on any atom is 0.460 e. The molecular weight excluding hydrogens is 715 g/mol. The molecule has 3 aromatic rings. The van der Waals surface area contributed by atoms with E-state index in [0.717, 1.165) is 32.1 Å². The topological polar surface area (TPSA) is 88.1 Å². The van der Waals surface area contributed by atoms with Crippen LogP contribution in [0.15, 0.2) is 72.8 Å². The van der Waals surface area contributed by atoms with Crippen LogP contribution in [0.2, 0.25) is 0 Å². The highest BCUT2D eigenvalue weighted by Gasteiger charge is 2.84. The van der Waals surface area contributed by atoms with Gasteiger partial charge in [-0.2, -0.15) is 39.5 Å². The lowest BCUT2D eigenvalue weighted by Gasteiger charge is -2.32. The average molecular weight is 751 g/mol. The number of esters is 3. The number of carbonyl (C=O) groups excluding carboxylic acids is 3. The van der Waals surface area contributed by atoms with Crippen molar-refractivity contribution in [2.45, 2.75) is 82.4 Å². The summed E-state index contributed by atoms with van der Waals surface area (Å²) in [6.07, 6.45) is -2.61. The van der Waals surface area contributed by atoms with E-state index in [1.54, 1.807) is 24.3 Å². The molecule has 0 bridgehead atoms. The molecular formula is C36H35F9O7. The molecule has 0 fully saturated rings. The molecule has 16 heteroatoms. The fourth-order valence-electron chi connectivity index (χ4n) is 4.54. The van der Waals surface area contributed by atoms with Crippen LogP contribution in [0.5, 0.6) is 11.5 Å². The molecule has 0 aliphatic carbocycles. The van der Waals surface area contributed by atoms with Crippen molar-refractivity contribution in [1.82, 2.24) is 0 Å². The minimum Gasteiger partial charge on any atom is -0.493 e. The van der Waals surface area contributed by atoms with Crippen molar-refractivity contribution in [2.75, 3.05) is 13.2 Å². The van der Waals surface area contributed by atoms with Gasteiger partial charge in [0, 0.05) is 6.42 Å². The van der Waals surface area contributed by atoms with Gasteiger partial charge in [0.2, 0.25) is 0 Å². The van der Waals surface area contributed by atoms with Crippen molar-refractivity contribution in [3.63, 3.8) is 0 Å². The van der Waals surface area contributed by atoms with E-state index in [2.05, 4.69) is 11.7 Å². The molecule has 0 saturated heterocycles. The van der Waals surface area contributed by atoms with Crippen LogP contribution in [-0.2, 0) is 14.3 Å². The first-order valence-electron chi connectivity index (χ1n) is 16.1. The molecule has 52 heavy (non-hydrogen) atoms. The van der Waals surface area contributed by atoms with Gasteiger partial charge in [0.05, 0.1) is 30.4 Å². The monoisotopic (exact) mass is 750 g/mol. The fraction of sp³-hybridized carbons (Fsp3) is 0.417. The highest BCUT2D eigenvalue weighted by molar-refractivity contribution is 5.92. The predicted octanol–water partition coefficient (Wildman–Crippen LogP) is 9.87. The number of halogens is 9. The number of alkyl halides is 9. The van der Waals surface area contributed by atoms with E-state index in [1.165, 1.54) is 48.5 Å². The minimum atomic E-state index is -7.20. The van der Waals surface area contributed by atoms with E-state index >= 15 is 0 Å². The number of ether oxygens (including phenoxy) is 4. The highest BCUT2D eigenvalue weighted by Crippen LogP contribution is 2.53. The number of carbonyl (C=O) groups is 3. The maximum atomic E-state index is 13.6. The summed E-state index contributed by atoms with van der Waals surface area (Å²) in [5.74, 6) is -24.7. The summed E-state index contributed by atoms with van der Waals surface area (Å²) in [6, 6.07) is 18.5. The van der Waals surface area contributed by atoms with E-state index in [4.69, 9.17) is 14.2 Å². The van der Waals surface area contributed by atoms with Crippen molar-refractivity contribution in [2.24, 2.45) is 0 Å². The number of hydrogen-bond acceptors (Lipinski definition) is 7. The molecule has 0 aliphatic rings. The zero-order chi connectivity index (χ0) is 38.7. The molecule has 3 aromatic carbocycles. The fourth-order valence-corrected chi connectivity index (χ4v) is 4.54. The van der Waals surface area contributed by atoms with E-state index in [0.29, 0.717) is 16.7 Å². The average Bonchev–Trinajstić information content (AvgIpc) is 3.09. The molecule has 0 amide bonds. The lowest BCUT2D eigenvalue weighted by Crippen LogP contribution is -2.63. The largest absolute Gasteiger partial charge is 0.493 e. The quantitative estimate of drug-likeness (QED) is 0.0554. The lowest BCUT2D eigenvalue weighted by atomic mass is 10.0. The van der Waals surface area contributed by atoms with Crippen LogP contribution in [0, 0.1) is 0 Å². The van der Waals surface area contributed by atoms with Crippen molar-refractivity contribution >= 4 is 17.9 Å². The van der Waals surface area contributed by atoms with Crippen LogP contribution in [0.4, 0.5) is 39.5 Å². The van der Waals surface area contributed by atoms with E-state index < -0.39 is 54.9 Å². The summed E-state index contributed by atoms with van der Waals surface area (Å²) in [4.78, 5) is 36.4. The summed E-state index contributed by atoms with van der Waals surface area (Å²) in [5, 5.41) is 0. The standard InChI is InChI=1S/C36H35F9O7/c1-3-4-5-6-8-23(2)51-30(46)27-15-19-29(20-16-27)52-31(47)26-11-9-24(10-12-26)25-13-17-28(18-14-25)49-21-7-22-50-32(48)33(37,38)34(39,40)35(41,42)36(43,44)45/h9-20,23H,3-8,21-22H2,1-2H3/t23-/m0/s1. The molecule has 0 N–H and O–H groups in total. The third-order valence-electron chi connectivity index (χ3n) is 7.57. The van der Waals surface area contributed by atoms with Crippen molar-refractivity contribution in [1.29, 1.82) is 0 Å². The Bertz CT molecular complexity index is 1620. The molecule has 0 aromatic heterocycles. The van der Waals surface area contributed by atoms with Gasteiger partial charge >= 0.3 is 41.9 Å². The SMILES string of the molecule is CCCCCC[C@H](C)OC(=O)c1ccc(OC(=O)c2ccc(-c3ccc(OCCCOC(=O)C(F)(F)C(F)(F)C(F)(F)C(F)(F)F)cc3)cc2)cc1. The van der Waals surface area contributed by atoms with Crippen LogP contribution in [0.1, 0.15) is 73.1 Å². The summed E-state index contributed by atoms with van der Waals surface area (Å²) in [5.41, 5.74) is 1.92. The Hall–Kier alpha value is -4.76. The number of rotatable bonds is 18. The summed E-state index contributed by atoms with van der Waals surface area (Å²) < 4.78 is 136. The normalized spacial score (nSPS) is 12.9. The van der Waals surface area contributed by atoms with E-state index in [9.17, 15) is 53.9 Å². The Morgan fingerprint density at radius 2 is 1.13 bits per heavy atom. The van der Waals surface area contributed by atoms with E-state index in [1.807, 2.05) is 6.92 Å². The first-order chi connectivity index (χ1) is 24.3. The molecule has 0 aliphatic heterocycles. The summed E-state index contributed by atoms with van der Waals surface area (Å²) in [6.45, 7) is 2.58. The van der Waals surface area contributed by atoms with Gasteiger partial charge in [-0.3, -0.25) is 0 Å². The zero-order valence-electron chi connectivity index (χ0n) is 27.9. The van der Waals surface area contributed by atoms with Gasteiger partial charge in [0.1, 0.15) is 11.5 Å². The number of benzene rings is 3. The second-order valence-corrected chi connectivity index (χ2v) is 11.6. The Labute approximate surface area is 293 Å². The van der Waals surface area contributed by atoms with Crippen molar-refractivity contribution < 1.29 is 72.8 Å². The van der Waals surface area contributed by atoms with Crippen LogP contribution in [-0.4, -0.2) is 61.2 Å². The van der Waals surface area contributed by atoms with E-state index in [-0.39, 0.29) is 29.8 Å². The van der Waals surface area contributed by atoms with Crippen LogP contribution in [0.25, 0.3) is 11.1 Å². The summed E-state index contributed by atoms with van der Waals surface area (Å²) in [7, 11) is 0. The summed E-state index contributed by atoms with van der Waals surface area (Å²) >= 11 is 0. The Kier molecular flexibility index (Phi) is 14.1. The number of hydrogen-bond donors (Lipinski definition) is 0. The van der Waals surface area contributed by atoms with Gasteiger partial charge in [-0.1, -0.05) is 50.5 Å². The Morgan fingerprint density at radius 3 is 1.69 bits per heavy atom. The van der Waals surface area contributed by atoms with Gasteiger partial charge < -0.3 is 18.9 Å². The number of unbranched alkanes of at least 4 members (excludes halogenated alkanes) is 3. The third-order valence-corrected chi connectivity index (χ3v) is 7.57. The predicted molar refractivity (Wildman–Crippen MR) is 169 cm³/mol. The minimum absolute atomic E-state index is 0.220. The van der Waals surface area contributed by atoms with Crippen molar-refractivity contribution in [3.05, 3.63) is 83.9 Å². The van der Waals surface area contributed by atoms with Gasteiger partial charge in [-0.15, -0.1) is 0 Å². The van der Waals surface area contributed by atoms with Crippen LogP contribution in [0.3, 0.4) is 0 Å². The Balaban J connectivity index is 1.45. The molecule has 284 valence electrons. The van der Waals surface area contributed by atoms with Crippen LogP contribution >= 0.6 is 0 Å². The maximum absolute atomic E-state index is 13.6. The first kappa shape index (κ1) is 41.7. The van der Waals surface area contributed by atoms with Gasteiger partial charge in [0.15, 0.2) is 0 Å². The lowest BCUT2D eigenvalue weighted by molar-refractivity contribution is -0.390. The second kappa shape index (κ2) is 17.6. The van der Waals surface area contributed by atoms with Crippen molar-refractivity contribution in [3.8, 4) is 22.6 Å². The molecule has 0 unspecified atom stereocenters. The smallest absolute Gasteiger partial charge is 0.460 e. The molecule has 3 rings (SSSR count). The van der Waals surface area contributed by atoms with Gasteiger partial charge in [-0.05, 0) is 79.4 Å². The molecule has 7 nitrogen and oxygen atoms in total. The third kappa shape index (κ3) is 10.4. The first-order valence-corrected chi connectivity index (χ1v) is 16.1.